The van der Waals surface area contributed by atoms with Crippen LogP contribution in [0.4, 0.5) is 4.39 Å². The van der Waals surface area contributed by atoms with Gasteiger partial charge in [-0.3, -0.25) is 0 Å². The van der Waals surface area contributed by atoms with Gasteiger partial charge in [-0.05, 0) is 36.6 Å². The number of methoxy groups -OCH3 is 1. The predicted octanol–water partition coefficient (Wildman–Crippen LogP) is 3.89. The molecule has 2 nitrogen and oxygen atoms in total. The number of benzene rings is 1. The van der Waals surface area contributed by atoms with E-state index < -0.39 is 0 Å². The minimum absolute atomic E-state index is 0.283. The molecule has 0 saturated heterocycles. The monoisotopic (exact) mass is 265 g/mol. The topological polar surface area (TPSA) is 21.3 Å². The summed E-state index contributed by atoms with van der Waals surface area (Å²) in [6.45, 7) is 1.76. The zero-order chi connectivity index (χ0) is 13.5. The van der Waals surface area contributed by atoms with Crippen molar-refractivity contribution < 1.29 is 9.13 Å². The molecule has 1 aliphatic rings. The standard InChI is InChI=1S/C16H24FNO/c1-19-16-8-7-14(11-15(16)17)12-18-10-9-13-5-3-2-4-6-13/h7-8,11,13,18H,2-6,9-10,12H2,1H3. The van der Waals surface area contributed by atoms with Gasteiger partial charge in [-0.2, -0.15) is 0 Å². The molecule has 0 radical (unpaired) electrons. The molecule has 1 aromatic carbocycles. The lowest BCUT2D eigenvalue weighted by Crippen LogP contribution is -2.19. The van der Waals surface area contributed by atoms with Gasteiger partial charge in [0, 0.05) is 6.54 Å². The predicted molar refractivity (Wildman–Crippen MR) is 75.9 cm³/mol. The van der Waals surface area contributed by atoms with Crippen LogP contribution in [-0.2, 0) is 6.54 Å². The quantitative estimate of drug-likeness (QED) is 0.788. The largest absolute Gasteiger partial charge is 0.494 e. The maximum absolute atomic E-state index is 13.5. The molecule has 0 aliphatic heterocycles. The van der Waals surface area contributed by atoms with E-state index in [0.717, 1.165) is 24.6 Å². The second kappa shape index (κ2) is 7.49. The third kappa shape index (κ3) is 4.50. The zero-order valence-electron chi connectivity index (χ0n) is 11.8. The molecule has 0 unspecified atom stereocenters. The van der Waals surface area contributed by atoms with Crippen molar-refractivity contribution in [1.82, 2.24) is 5.32 Å². The Kier molecular flexibility index (Phi) is 5.64. The van der Waals surface area contributed by atoms with Gasteiger partial charge in [-0.15, -0.1) is 0 Å². The van der Waals surface area contributed by atoms with Crippen LogP contribution in [0.15, 0.2) is 18.2 Å². The summed E-state index contributed by atoms with van der Waals surface area (Å²) < 4.78 is 18.4. The summed E-state index contributed by atoms with van der Waals surface area (Å²) >= 11 is 0. The van der Waals surface area contributed by atoms with Crippen LogP contribution < -0.4 is 10.1 Å². The summed E-state index contributed by atoms with van der Waals surface area (Å²) in [6, 6.07) is 5.15. The Morgan fingerprint density at radius 2 is 2.05 bits per heavy atom. The summed E-state index contributed by atoms with van der Waals surface area (Å²) in [5.74, 6) is 0.925. The Morgan fingerprint density at radius 1 is 1.26 bits per heavy atom. The van der Waals surface area contributed by atoms with Crippen LogP contribution in [0.5, 0.6) is 5.75 Å². The molecule has 106 valence electrons. The summed E-state index contributed by atoms with van der Waals surface area (Å²) in [7, 11) is 1.49. The number of hydrogen-bond donors (Lipinski definition) is 1. The van der Waals surface area contributed by atoms with Gasteiger partial charge in [0.25, 0.3) is 0 Å². The average molecular weight is 265 g/mol. The van der Waals surface area contributed by atoms with Crippen LogP contribution in [-0.4, -0.2) is 13.7 Å². The molecule has 0 spiro atoms. The maximum Gasteiger partial charge on any atom is 0.165 e. The van der Waals surface area contributed by atoms with Crippen LogP contribution in [0.25, 0.3) is 0 Å². The Labute approximate surface area is 115 Å². The van der Waals surface area contributed by atoms with Crippen LogP contribution in [0.2, 0.25) is 0 Å². The molecule has 19 heavy (non-hydrogen) atoms. The van der Waals surface area contributed by atoms with Crippen molar-refractivity contribution in [2.75, 3.05) is 13.7 Å². The van der Waals surface area contributed by atoms with Crippen molar-refractivity contribution in [3.05, 3.63) is 29.6 Å². The van der Waals surface area contributed by atoms with Crippen molar-refractivity contribution in [2.24, 2.45) is 5.92 Å². The minimum Gasteiger partial charge on any atom is -0.494 e. The Bertz CT molecular complexity index is 388. The molecule has 0 amide bonds. The molecular weight excluding hydrogens is 241 g/mol. The van der Waals surface area contributed by atoms with E-state index >= 15 is 0 Å². The second-order valence-electron chi connectivity index (χ2n) is 5.44. The number of halogens is 1. The van der Waals surface area contributed by atoms with Gasteiger partial charge in [-0.1, -0.05) is 38.2 Å². The van der Waals surface area contributed by atoms with E-state index in [9.17, 15) is 4.39 Å². The van der Waals surface area contributed by atoms with Gasteiger partial charge in [0.2, 0.25) is 0 Å². The maximum atomic E-state index is 13.5. The minimum atomic E-state index is -0.283. The van der Waals surface area contributed by atoms with Gasteiger partial charge in [0.1, 0.15) is 0 Å². The first-order chi connectivity index (χ1) is 9.29. The molecule has 0 atom stereocenters. The highest BCUT2D eigenvalue weighted by Gasteiger charge is 2.12. The van der Waals surface area contributed by atoms with Crippen LogP contribution in [0.1, 0.15) is 44.1 Å². The highest BCUT2D eigenvalue weighted by molar-refractivity contribution is 5.29. The molecule has 1 aromatic rings. The van der Waals surface area contributed by atoms with Crippen LogP contribution in [0, 0.1) is 11.7 Å². The lowest BCUT2D eigenvalue weighted by Gasteiger charge is -2.21. The molecule has 1 aliphatic carbocycles. The molecule has 1 fully saturated rings. The molecule has 0 aromatic heterocycles. The fourth-order valence-electron chi connectivity index (χ4n) is 2.83. The molecular formula is C16H24FNO. The van der Waals surface area contributed by atoms with E-state index in [2.05, 4.69) is 5.32 Å². The fourth-order valence-corrected chi connectivity index (χ4v) is 2.83. The lowest BCUT2D eigenvalue weighted by molar-refractivity contribution is 0.333. The Morgan fingerprint density at radius 3 is 2.74 bits per heavy atom. The van der Waals surface area contributed by atoms with E-state index in [-0.39, 0.29) is 5.82 Å². The fraction of sp³-hybridized carbons (Fsp3) is 0.625. The van der Waals surface area contributed by atoms with Crippen molar-refractivity contribution in [1.29, 1.82) is 0 Å². The van der Waals surface area contributed by atoms with E-state index in [1.54, 1.807) is 12.1 Å². The molecule has 0 heterocycles. The molecule has 3 heteroatoms. The van der Waals surface area contributed by atoms with E-state index in [1.165, 1.54) is 45.6 Å². The molecule has 2 rings (SSSR count). The Balaban J connectivity index is 1.69. The molecule has 0 bridgehead atoms. The number of nitrogens with one attached hydrogen (secondary N) is 1. The summed E-state index contributed by atoms with van der Waals surface area (Å²) in [4.78, 5) is 0. The van der Waals surface area contributed by atoms with Crippen molar-refractivity contribution in [2.45, 2.75) is 45.1 Å². The van der Waals surface area contributed by atoms with Gasteiger partial charge in [0.05, 0.1) is 7.11 Å². The second-order valence-corrected chi connectivity index (χ2v) is 5.44. The normalized spacial score (nSPS) is 16.5. The third-order valence-corrected chi connectivity index (χ3v) is 4.00. The first-order valence-corrected chi connectivity index (χ1v) is 7.32. The summed E-state index contributed by atoms with van der Waals surface area (Å²) in [5.41, 5.74) is 0.974. The highest BCUT2D eigenvalue weighted by atomic mass is 19.1. The number of rotatable bonds is 6. The van der Waals surface area contributed by atoms with Gasteiger partial charge >= 0.3 is 0 Å². The van der Waals surface area contributed by atoms with Crippen molar-refractivity contribution in [3.8, 4) is 5.75 Å². The average Bonchev–Trinajstić information content (AvgIpc) is 2.45. The highest BCUT2D eigenvalue weighted by Crippen LogP contribution is 2.25. The first kappa shape index (κ1) is 14.3. The van der Waals surface area contributed by atoms with E-state index in [4.69, 9.17) is 4.74 Å². The van der Waals surface area contributed by atoms with E-state index in [1.807, 2.05) is 6.07 Å². The first-order valence-electron chi connectivity index (χ1n) is 7.32. The summed E-state index contributed by atoms with van der Waals surface area (Å²) in [6.07, 6.45) is 8.23. The summed E-state index contributed by atoms with van der Waals surface area (Å²) in [5, 5.41) is 3.41. The van der Waals surface area contributed by atoms with Crippen LogP contribution in [0.3, 0.4) is 0 Å². The smallest absolute Gasteiger partial charge is 0.165 e. The molecule has 1 saturated carbocycles. The molecule has 1 N–H and O–H groups in total. The SMILES string of the molecule is COc1ccc(CNCCC2CCCCC2)cc1F. The van der Waals surface area contributed by atoms with Gasteiger partial charge in [0.15, 0.2) is 11.6 Å². The zero-order valence-corrected chi connectivity index (χ0v) is 11.8. The Hall–Kier alpha value is -1.09. The van der Waals surface area contributed by atoms with E-state index in [0.29, 0.717) is 5.75 Å². The van der Waals surface area contributed by atoms with Gasteiger partial charge in [-0.25, -0.2) is 4.39 Å². The third-order valence-electron chi connectivity index (χ3n) is 4.00. The number of ether oxygens (including phenoxy) is 1. The lowest BCUT2D eigenvalue weighted by atomic mass is 9.87. The van der Waals surface area contributed by atoms with Crippen molar-refractivity contribution in [3.63, 3.8) is 0 Å². The van der Waals surface area contributed by atoms with Crippen LogP contribution >= 0.6 is 0 Å². The number of hydrogen-bond acceptors (Lipinski definition) is 2. The van der Waals surface area contributed by atoms with Gasteiger partial charge < -0.3 is 10.1 Å². The van der Waals surface area contributed by atoms with Crippen molar-refractivity contribution >= 4 is 0 Å².